The van der Waals surface area contributed by atoms with Crippen LogP contribution in [0.2, 0.25) is 10.3 Å². The van der Waals surface area contributed by atoms with Gasteiger partial charge in [-0.1, -0.05) is 41.6 Å². The molecule has 0 radical (unpaired) electrons. The van der Waals surface area contributed by atoms with E-state index < -0.39 is 0 Å². The quantitative estimate of drug-likeness (QED) is 0.487. The highest BCUT2D eigenvalue weighted by atomic mass is 35.5. The summed E-state index contributed by atoms with van der Waals surface area (Å²) in [5.41, 5.74) is 0.846. The number of hydrogen-bond donors (Lipinski definition) is 0. The molecule has 3 aromatic rings. The van der Waals surface area contributed by atoms with E-state index in [1.54, 1.807) is 11.8 Å². The summed E-state index contributed by atoms with van der Waals surface area (Å²) in [4.78, 5) is 9.57. The standard InChI is InChI=1S/C14H8Cl2N2S/c15-9-5-7-10(8-6-9)19-13-11-3-1-2-4-12(11)17-14(16)18-13/h1-8H. The van der Waals surface area contributed by atoms with Crippen molar-refractivity contribution in [3.63, 3.8) is 0 Å². The van der Waals surface area contributed by atoms with Crippen LogP contribution in [0.4, 0.5) is 0 Å². The normalized spacial score (nSPS) is 10.8. The molecule has 0 aliphatic rings. The molecule has 2 nitrogen and oxygen atoms in total. The molecule has 0 fully saturated rings. The summed E-state index contributed by atoms with van der Waals surface area (Å²) in [6.07, 6.45) is 0. The predicted octanol–water partition coefficient (Wildman–Crippen LogP) is 5.09. The van der Waals surface area contributed by atoms with Gasteiger partial charge in [-0.05, 0) is 41.9 Å². The van der Waals surface area contributed by atoms with Crippen molar-refractivity contribution >= 4 is 45.9 Å². The molecule has 0 atom stereocenters. The average molecular weight is 307 g/mol. The van der Waals surface area contributed by atoms with Crippen LogP contribution in [0, 0.1) is 0 Å². The van der Waals surface area contributed by atoms with E-state index in [1.807, 2.05) is 48.5 Å². The van der Waals surface area contributed by atoms with Crippen LogP contribution < -0.4 is 0 Å². The molecule has 0 N–H and O–H groups in total. The number of rotatable bonds is 2. The fourth-order valence-corrected chi connectivity index (χ4v) is 2.97. The van der Waals surface area contributed by atoms with E-state index in [4.69, 9.17) is 23.2 Å². The molecular weight excluding hydrogens is 299 g/mol. The first-order chi connectivity index (χ1) is 9.22. The molecule has 19 heavy (non-hydrogen) atoms. The van der Waals surface area contributed by atoms with Crippen molar-refractivity contribution in [2.24, 2.45) is 0 Å². The molecule has 2 aromatic carbocycles. The van der Waals surface area contributed by atoms with Crippen LogP contribution >= 0.6 is 35.0 Å². The third-order valence-electron chi connectivity index (χ3n) is 2.57. The summed E-state index contributed by atoms with van der Waals surface area (Å²) < 4.78 is 0. The van der Waals surface area contributed by atoms with Crippen molar-refractivity contribution in [2.75, 3.05) is 0 Å². The Morgan fingerprint density at radius 1 is 0.842 bits per heavy atom. The molecule has 0 aliphatic heterocycles. The maximum atomic E-state index is 5.96. The molecule has 0 aliphatic carbocycles. The Morgan fingerprint density at radius 2 is 1.58 bits per heavy atom. The zero-order valence-electron chi connectivity index (χ0n) is 9.68. The Balaban J connectivity index is 2.07. The summed E-state index contributed by atoms with van der Waals surface area (Å²) in [5.74, 6) is 0. The minimum absolute atomic E-state index is 0.259. The molecule has 1 aromatic heterocycles. The highest BCUT2D eigenvalue weighted by Crippen LogP contribution is 2.32. The number of halogens is 2. The van der Waals surface area contributed by atoms with Crippen molar-refractivity contribution in [2.45, 2.75) is 9.92 Å². The van der Waals surface area contributed by atoms with Crippen LogP contribution in [0.3, 0.4) is 0 Å². The fraction of sp³-hybridized carbons (Fsp3) is 0. The van der Waals surface area contributed by atoms with Gasteiger partial charge >= 0.3 is 0 Å². The van der Waals surface area contributed by atoms with E-state index in [1.165, 1.54) is 0 Å². The minimum atomic E-state index is 0.259. The number of fused-ring (bicyclic) bond motifs is 1. The molecule has 94 valence electrons. The van der Waals surface area contributed by atoms with Gasteiger partial charge in [0.25, 0.3) is 0 Å². The molecule has 3 rings (SSSR count). The molecule has 1 heterocycles. The molecule has 0 unspecified atom stereocenters. The highest BCUT2D eigenvalue weighted by molar-refractivity contribution is 7.99. The predicted molar refractivity (Wildman–Crippen MR) is 80.1 cm³/mol. The fourth-order valence-electron chi connectivity index (χ4n) is 1.71. The topological polar surface area (TPSA) is 25.8 Å². The SMILES string of the molecule is Clc1ccc(Sc2nc(Cl)nc3ccccc23)cc1. The first-order valence-electron chi connectivity index (χ1n) is 5.58. The number of para-hydroxylation sites is 1. The Morgan fingerprint density at radius 3 is 2.37 bits per heavy atom. The van der Waals surface area contributed by atoms with Gasteiger partial charge in [-0.2, -0.15) is 0 Å². The van der Waals surface area contributed by atoms with E-state index in [2.05, 4.69) is 9.97 Å². The van der Waals surface area contributed by atoms with E-state index >= 15 is 0 Å². The highest BCUT2D eigenvalue weighted by Gasteiger charge is 2.07. The van der Waals surface area contributed by atoms with Gasteiger partial charge in [0.05, 0.1) is 5.52 Å². The lowest BCUT2D eigenvalue weighted by Gasteiger charge is -2.05. The second-order valence-corrected chi connectivity index (χ2v) is 5.71. The van der Waals surface area contributed by atoms with E-state index in [-0.39, 0.29) is 5.28 Å². The molecule has 5 heteroatoms. The van der Waals surface area contributed by atoms with Gasteiger partial charge in [-0.3, -0.25) is 0 Å². The summed E-state index contributed by atoms with van der Waals surface area (Å²) in [5, 5.41) is 2.81. The first kappa shape index (κ1) is 12.7. The average Bonchev–Trinajstić information content (AvgIpc) is 2.41. The zero-order chi connectivity index (χ0) is 13.2. The number of benzene rings is 2. The molecular formula is C14H8Cl2N2S. The van der Waals surface area contributed by atoms with Crippen LogP contribution in [-0.2, 0) is 0 Å². The molecule has 0 saturated heterocycles. The Kier molecular flexibility index (Phi) is 3.60. The van der Waals surface area contributed by atoms with Gasteiger partial charge in [0, 0.05) is 15.3 Å². The molecule has 0 amide bonds. The van der Waals surface area contributed by atoms with Crippen molar-refractivity contribution in [1.82, 2.24) is 9.97 Å². The van der Waals surface area contributed by atoms with E-state index in [0.29, 0.717) is 0 Å². The van der Waals surface area contributed by atoms with Gasteiger partial charge in [0.2, 0.25) is 5.28 Å². The van der Waals surface area contributed by atoms with Crippen LogP contribution in [0.1, 0.15) is 0 Å². The lowest BCUT2D eigenvalue weighted by atomic mass is 10.2. The van der Waals surface area contributed by atoms with Gasteiger partial charge in [0.15, 0.2) is 0 Å². The Hall–Kier alpha value is -1.29. The zero-order valence-corrected chi connectivity index (χ0v) is 12.0. The van der Waals surface area contributed by atoms with Gasteiger partial charge < -0.3 is 0 Å². The first-order valence-corrected chi connectivity index (χ1v) is 7.15. The molecule has 0 bridgehead atoms. The largest absolute Gasteiger partial charge is 0.224 e. The van der Waals surface area contributed by atoms with Crippen LogP contribution in [0.5, 0.6) is 0 Å². The summed E-state index contributed by atoms with van der Waals surface area (Å²) >= 11 is 13.4. The van der Waals surface area contributed by atoms with Gasteiger partial charge in [-0.15, -0.1) is 0 Å². The van der Waals surface area contributed by atoms with E-state index in [0.717, 1.165) is 25.8 Å². The Bertz CT molecular complexity index is 729. The summed E-state index contributed by atoms with van der Waals surface area (Å²) in [6.45, 7) is 0. The molecule has 0 spiro atoms. The van der Waals surface area contributed by atoms with Crippen molar-refractivity contribution < 1.29 is 0 Å². The minimum Gasteiger partial charge on any atom is -0.218 e. The third-order valence-corrected chi connectivity index (χ3v) is 4.00. The smallest absolute Gasteiger partial charge is 0.218 e. The van der Waals surface area contributed by atoms with Crippen LogP contribution in [0.15, 0.2) is 58.5 Å². The van der Waals surface area contributed by atoms with Gasteiger partial charge in [0.1, 0.15) is 5.03 Å². The summed E-state index contributed by atoms with van der Waals surface area (Å²) in [6, 6.07) is 15.4. The van der Waals surface area contributed by atoms with Crippen LogP contribution in [0.25, 0.3) is 10.9 Å². The van der Waals surface area contributed by atoms with Crippen LogP contribution in [-0.4, -0.2) is 9.97 Å². The lowest BCUT2D eigenvalue weighted by molar-refractivity contribution is 1.10. The lowest BCUT2D eigenvalue weighted by Crippen LogP contribution is -1.89. The van der Waals surface area contributed by atoms with Gasteiger partial charge in [-0.25, -0.2) is 9.97 Å². The number of aromatic nitrogens is 2. The molecule has 0 saturated carbocycles. The Labute approximate surface area is 124 Å². The monoisotopic (exact) mass is 306 g/mol. The van der Waals surface area contributed by atoms with Crippen molar-refractivity contribution in [1.29, 1.82) is 0 Å². The van der Waals surface area contributed by atoms with Crippen molar-refractivity contribution in [3.05, 3.63) is 58.8 Å². The van der Waals surface area contributed by atoms with Crippen molar-refractivity contribution in [3.8, 4) is 0 Å². The number of nitrogens with zero attached hydrogens (tertiary/aromatic N) is 2. The second kappa shape index (κ2) is 5.37. The summed E-state index contributed by atoms with van der Waals surface area (Å²) in [7, 11) is 0. The maximum absolute atomic E-state index is 5.96. The maximum Gasteiger partial charge on any atom is 0.224 e. The third kappa shape index (κ3) is 2.84. The number of hydrogen-bond acceptors (Lipinski definition) is 3. The second-order valence-electron chi connectivity index (χ2n) is 3.87. The van der Waals surface area contributed by atoms with E-state index in [9.17, 15) is 0 Å².